The second-order valence-electron chi connectivity index (χ2n) is 5.79. The van der Waals surface area contributed by atoms with E-state index in [1.54, 1.807) is 7.05 Å². The molecule has 0 aliphatic heterocycles. The summed E-state index contributed by atoms with van der Waals surface area (Å²) in [6, 6.07) is 2.40. The van der Waals surface area contributed by atoms with E-state index in [0.29, 0.717) is 0 Å². The van der Waals surface area contributed by atoms with Gasteiger partial charge in [0.1, 0.15) is 5.82 Å². The lowest BCUT2D eigenvalue weighted by molar-refractivity contribution is 0.335. The SMILES string of the molecule is Cc1c(N)cc(S(=O)(=O)N(C)C2CCCCCC2)cc1F. The Kier molecular flexibility index (Phi) is 4.88. The van der Waals surface area contributed by atoms with Gasteiger partial charge in [-0.3, -0.25) is 0 Å². The minimum Gasteiger partial charge on any atom is -0.398 e. The molecule has 0 aromatic heterocycles. The van der Waals surface area contributed by atoms with E-state index in [2.05, 4.69) is 0 Å². The van der Waals surface area contributed by atoms with Crippen LogP contribution in [-0.2, 0) is 10.0 Å². The molecule has 2 N–H and O–H groups in total. The third kappa shape index (κ3) is 3.37. The van der Waals surface area contributed by atoms with Crippen LogP contribution in [0.1, 0.15) is 44.1 Å². The molecule has 118 valence electrons. The van der Waals surface area contributed by atoms with E-state index in [-0.39, 0.29) is 22.2 Å². The minimum atomic E-state index is -3.70. The van der Waals surface area contributed by atoms with Gasteiger partial charge in [-0.05, 0) is 31.9 Å². The molecule has 1 aromatic rings. The number of benzene rings is 1. The van der Waals surface area contributed by atoms with E-state index >= 15 is 0 Å². The lowest BCUT2D eigenvalue weighted by Gasteiger charge is -2.26. The highest BCUT2D eigenvalue weighted by Gasteiger charge is 2.29. The van der Waals surface area contributed by atoms with Crippen molar-refractivity contribution in [2.75, 3.05) is 12.8 Å². The zero-order valence-electron chi connectivity index (χ0n) is 12.6. The first-order valence-electron chi connectivity index (χ1n) is 7.37. The molecular formula is C15H23FN2O2S. The van der Waals surface area contributed by atoms with Gasteiger partial charge in [0, 0.05) is 24.3 Å². The number of halogens is 1. The van der Waals surface area contributed by atoms with Crippen LogP contribution >= 0.6 is 0 Å². The monoisotopic (exact) mass is 314 g/mol. The molecule has 0 unspecified atom stereocenters. The van der Waals surface area contributed by atoms with Gasteiger partial charge >= 0.3 is 0 Å². The normalized spacial score (nSPS) is 17.9. The molecule has 1 aliphatic carbocycles. The summed E-state index contributed by atoms with van der Waals surface area (Å²) >= 11 is 0. The lowest BCUT2D eigenvalue weighted by Crippen LogP contribution is -2.36. The molecular weight excluding hydrogens is 291 g/mol. The molecule has 1 fully saturated rings. The Morgan fingerprint density at radius 1 is 1.19 bits per heavy atom. The summed E-state index contributed by atoms with van der Waals surface area (Å²) in [5.41, 5.74) is 6.15. The second kappa shape index (κ2) is 6.32. The van der Waals surface area contributed by atoms with Crippen molar-refractivity contribution < 1.29 is 12.8 Å². The predicted molar refractivity (Wildman–Crippen MR) is 82.0 cm³/mol. The molecule has 1 aromatic carbocycles. The number of anilines is 1. The van der Waals surface area contributed by atoms with Crippen molar-refractivity contribution >= 4 is 15.7 Å². The minimum absolute atomic E-state index is 0.0110. The summed E-state index contributed by atoms with van der Waals surface area (Å²) in [5.74, 6) is -0.581. The van der Waals surface area contributed by atoms with Gasteiger partial charge in [-0.25, -0.2) is 12.8 Å². The molecule has 0 spiro atoms. The van der Waals surface area contributed by atoms with Crippen LogP contribution in [0.4, 0.5) is 10.1 Å². The van der Waals surface area contributed by atoms with Crippen LogP contribution in [-0.4, -0.2) is 25.8 Å². The van der Waals surface area contributed by atoms with E-state index in [4.69, 9.17) is 5.73 Å². The first kappa shape index (κ1) is 16.2. The van der Waals surface area contributed by atoms with Gasteiger partial charge in [0.2, 0.25) is 10.0 Å². The van der Waals surface area contributed by atoms with Crippen LogP contribution < -0.4 is 5.73 Å². The summed E-state index contributed by atoms with van der Waals surface area (Å²) in [6.07, 6.45) is 6.09. The number of hydrogen-bond acceptors (Lipinski definition) is 3. The van der Waals surface area contributed by atoms with Gasteiger partial charge < -0.3 is 5.73 Å². The molecule has 0 radical (unpaired) electrons. The molecule has 0 heterocycles. The highest BCUT2D eigenvalue weighted by molar-refractivity contribution is 7.89. The van der Waals surface area contributed by atoms with Crippen molar-refractivity contribution in [2.45, 2.75) is 56.4 Å². The van der Waals surface area contributed by atoms with Gasteiger partial charge in [0.05, 0.1) is 4.90 Å². The summed E-state index contributed by atoms with van der Waals surface area (Å²) in [6.45, 7) is 1.54. The summed E-state index contributed by atoms with van der Waals surface area (Å²) in [7, 11) is -2.12. The van der Waals surface area contributed by atoms with Crippen LogP contribution in [0.2, 0.25) is 0 Å². The highest BCUT2D eigenvalue weighted by atomic mass is 32.2. The van der Waals surface area contributed by atoms with Gasteiger partial charge in [0.15, 0.2) is 0 Å². The molecule has 0 atom stereocenters. The van der Waals surface area contributed by atoms with E-state index in [9.17, 15) is 12.8 Å². The average Bonchev–Trinajstić information content (AvgIpc) is 2.72. The third-order valence-electron chi connectivity index (χ3n) is 4.37. The van der Waals surface area contributed by atoms with Crippen molar-refractivity contribution in [3.63, 3.8) is 0 Å². The van der Waals surface area contributed by atoms with Gasteiger partial charge in [-0.15, -0.1) is 0 Å². The standard InChI is InChI=1S/C15H23FN2O2S/c1-11-14(16)9-13(10-15(11)17)21(19,20)18(2)12-7-5-3-4-6-8-12/h9-10,12H,3-8,17H2,1-2H3. The number of rotatable bonds is 3. The Labute approximate surface area is 126 Å². The number of sulfonamides is 1. The number of hydrogen-bond donors (Lipinski definition) is 1. The fourth-order valence-corrected chi connectivity index (χ4v) is 4.27. The molecule has 2 rings (SSSR count). The Balaban J connectivity index is 2.32. The van der Waals surface area contributed by atoms with Crippen LogP contribution in [0.5, 0.6) is 0 Å². The molecule has 6 heteroatoms. The largest absolute Gasteiger partial charge is 0.398 e. The van der Waals surface area contributed by atoms with Crippen molar-refractivity contribution in [3.8, 4) is 0 Å². The fourth-order valence-electron chi connectivity index (χ4n) is 2.81. The lowest BCUT2D eigenvalue weighted by atomic mass is 10.1. The molecule has 0 amide bonds. The van der Waals surface area contributed by atoms with Gasteiger partial charge in [-0.1, -0.05) is 25.7 Å². The Morgan fingerprint density at radius 3 is 2.29 bits per heavy atom. The van der Waals surface area contributed by atoms with Crippen molar-refractivity contribution in [1.82, 2.24) is 4.31 Å². The molecule has 4 nitrogen and oxygen atoms in total. The zero-order valence-corrected chi connectivity index (χ0v) is 13.4. The molecule has 1 aliphatic rings. The number of nitrogens with two attached hydrogens (primary N) is 1. The van der Waals surface area contributed by atoms with Crippen LogP contribution in [0.3, 0.4) is 0 Å². The van der Waals surface area contributed by atoms with Gasteiger partial charge in [0.25, 0.3) is 0 Å². The second-order valence-corrected chi connectivity index (χ2v) is 7.78. The van der Waals surface area contributed by atoms with Gasteiger partial charge in [-0.2, -0.15) is 4.31 Å². The van der Waals surface area contributed by atoms with E-state index < -0.39 is 15.8 Å². The first-order valence-corrected chi connectivity index (χ1v) is 8.81. The topological polar surface area (TPSA) is 63.4 Å². The number of nitrogen functional groups attached to an aromatic ring is 1. The maximum absolute atomic E-state index is 13.8. The van der Waals surface area contributed by atoms with E-state index in [1.807, 2.05) is 0 Å². The maximum atomic E-state index is 13.8. The maximum Gasteiger partial charge on any atom is 0.243 e. The molecule has 21 heavy (non-hydrogen) atoms. The Morgan fingerprint density at radius 2 is 1.76 bits per heavy atom. The quantitative estimate of drug-likeness (QED) is 0.689. The van der Waals surface area contributed by atoms with Crippen molar-refractivity contribution in [2.24, 2.45) is 0 Å². The Hall–Kier alpha value is -1.14. The first-order chi connectivity index (χ1) is 9.84. The number of nitrogens with zero attached hydrogens (tertiary/aromatic N) is 1. The van der Waals surface area contributed by atoms with Crippen LogP contribution in [0.25, 0.3) is 0 Å². The Bertz CT molecular complexity index is 585. The zero-order chi connectivity index (χ0) is 15.6. The third-order valence-corrected chi connectivity index (χ3v) is 6.26. The molecule has 1 saturated carbocycles. The highest BCUT2D eigenvalue weighted by Crippen LogP contribution is 2.28. The summed E-state index contributed by atoms with van der Waals surface area (Å²) < 4.78 is 40.5. The van der Waals surface area contributed by atoms with Crippen molar-refractivity contribution in [3.05, 3.63) is 23.5 Å². The smallest absolute Gasteiger partial charge is 0.243 e. The summed E-state index contributed by atoms with van der Waals surface area (Å²) in [5, 5.41) is 0. The molecule has 0 bridgehead atoms. The van der Waals surface area contributed by atoms with Crippen molar-refractivity contribution in [1.29, 1.82) is 0 Å². The fraction of sp³-hybridized carbons (Fsp3) is 0.600. The van der Waals surface area contributed by atoms with Crippen LogP contribution in [0.15, 0.2) is 17.0 Å². The molecule has 0 saturated heterocycles. The summed E-state index contributed by atoms with van der Waals surface area (Å²) in [4.78, 5) is -0.0603. The average molecular weight is 314 g/mol. The van der Waals surface area contributed by atoms with E-state index in [1.165, 1.54) is 17.3 Å². The van der Waals surface area contributed by atoms with Crippen LogP contribution in [0, 0.1) is 12.7 Å². The predicted octanol–water partition coefficient (Wildman–Crippen LogP) is 3.06. The van der Waals surface area contributed by atoms with E-state index in [0.717, 1.165) is 44.6 Å².